The van der Waals surface area contributed by atoms with Gasteiger partial charge in [0.15, 0.2) is 0 Å². The fourth-order valence-corrected chi connectivity index (χ4v) is 5.24. The number of hydrogen-bond donors (Lipinski definition) is 1. The minimum Gasteiger partial charge on any atom is -0.325 e. The maximum atomic E-state index is 11.7. The van der Waals surface area contributed by atoms with Crippen LogP contribution in [0.4, 0.5) is 0 Å². The molecule has 118 valence electrons. The molecule has 1 saturated heterocycles. The maximum Gasteiger partial charge on any atom is 0.211 e. The monoisotopic (exact) mass is 302 g/mol. The van der Waals surface area contributed by atoms with E-state index >= 15 is 0 Å². The summed E-state index contributed by atoms with van der Waals surface area (Å²) < 4.78 is 25.0. The molecule has 2 unspecified atom stereocenters. The molecule has 1 heterocycles. The molecule has 1 saturated carbocycles. The summed E-state index contributed by atoms with van der Waals surface area (Å²) in [5.74, 6) is 0.428. The Hall–Kier alpha value is -0.130. The van der Waals surface area contributed by atoms with E-state index in [4.69, 9.17) is 5.73 Å². The Kier molecular flexibility index (Phi) is 4.53. The zero-order chi connectivity index (χ0) is 15.0. The zero-order valence-corrected chi connectivity index (χ0v) is 14.0. The van der Waals surface area contributed by atoms with Gasteiger partial charge in [-0.1, -0.05) is 20.3 Å². The Morgan fingerprint density at radius 1 is 1.25 bits per heavy atom. The highest BCUT2D eigenvalue weighted by molar-refractivity contribution is 7.88. The minimum absolute atomic E-state index is 0.0903. The Labute approximate surface area is 124 Å². The Bertz CT molecular complexity index is 447. The second-order valence-electron chi connectivity index (χ2n) is 7.89. The lowest BCUT2D eigenvalue weighted by atomic mass is 9.65. The number of nitrogens with two attached hydrogens (primary N) is 1. The van der Waals surface area contributed by atoms with Crippen LogP contribution in [0.25, 0.3) is 0 Å². The molecule has 1 aliphatic heterocycles. The van der Waals surface area contributed by atoms with Gasteiger partial charge in [-0.25, -0.2) is 12.7 Å². The van der Waals surface area contributed by atoms with E-state index in [1.165, 1.54) is 19.1 Å². The van der Waals surface area contributed by atoms with Crippen LogP contribution in [0.5, 0.6) is 0 Å². The highest BCUT2D eigenvalue weighted by atomic mass is 32.2. The molecule has 0 radical (unpaired) electrons. The van der Waals surface area contributed by atoms with Crippen molar-refractivity contribution in [3.05, 3.63) is 0 Å². The van der Waals surface area contributed by atoms with Crippen LogP contribution < -0.4 is 5.73 Å². The van der Waals surface area contributed by atoms with Crippen molar-refractivity contribution >= 4 is 10.0 Å². The van der Waals surface area contributed by atoms with Gasteiger partial charge in [0, 0.05) is 18.6 Å². The molecule has 2 N–H and O–H groups in total. The van der Waals surface area contributed by atoms with Gasteiger partial charge in [-0.05, 0) is 49.9 Å². The lowest BCUT2D eigenvalue weighted by Gasteiger charge is -2.45. The van der Waals surface area contributed by atoms with E-state index in [2.05, 4.69) is 13.8 Å². The summed E-state index contributed by atoms with van der Waals surface area (Å²) in [4.78, 5) is 0. The molecule has 2 aliphatic rings. The molecule has 20 heavy (non-hydrogen) atoms. The molecule has 0 spiro atoms. The van der Waals surface area contributed by atoms with Crippen molar-refractivity contribution in [2.75, 3.05) is 19.3 Å². The predicted octanol–water partition coefficient (Wildman–Crippen LogP) is 2.35. The first-order valence-electron chi connectivity index (χ1n) is 7.84. The molecule has 2 atom stereocenters. The van der Waals surface area contributed by atoms with Gasteiger partial charge in [-0.3, -0.25) is 0 Å². The second-order valence-corrected chi connectivity index (χ2v) is 9.87. The van der Waals surface area contributed by atoms with Crippen LogP contribution in [0.1, 0.15) is 58.8 Å². The third-order valence-electron chi connectivity index (χ3n) is 5.00. The molecular formula is C15H30N2O2S. The molecular weight excluding hydrogens is 272 g/mol. The molecule has 0 aromatic heterocycles. The van der Waals surface area contributed by atoms with Gasteiger partial charge in [-0.2, -0.15) is 0 Å². The minimum atomic E-state index is -3.05. The van der Waals surface area contributed by atoms with Crippen LogP contribution in [0.3, 0.4) is 0 Å². The van der Waals surface area contributed by atoms with E-state index in [9.17, 15) is 8.42 Å². The number of hydrogen-bond acceptors (Lipinski definition) is 3. The van der Waals surface area contributed by atoms with Gasteiger partial charge in [0.2, 0.25) is 10.0 Å². The van der Waals surface area contributed by atoms with E-state index in [0.717, 1.165) is 32.1 Å². The summed E-state index contributed by atoms with van der Waals surface area (Å²) >= 11 is 0. The molecule has 5 heteroatoms. The van der Waals surface area contributed by atoms with Crippen LogP contribution in [0.15, 0.2) is 0 Å². The predicted molar refractivity (Wildman–Crippen MR) is 82.9 cm³/mol. The molecule has 1 aliphatic carbocycles. The van der Waals surface area contributed by atoms with E-state index in [1.54, 1.807) is 4.31 Å². The van der Waals surface area contributed by atoms with Crippen LogP contribution >= 0.6 is 0 Å². The van der Waals surface area contributed by atoms with Crippen LogP contribution in [0, 0.1) is 11.3 Å². The number of nitrogens with zero attached hydrogens (tertiary/aromatic N) is 1. The fraction of sp³-hybridized carbons (Fsp3) is 1.00. The van der Waals surface area contributed by atoms with E-state index < -0.39 is 10.0 Å². The topological polar surface area (TPSA) is 63.4 Å². The van der Waals surface area contributed by atoms with Gasteiger partial charge >= 0.3 is 0 Å². The van der Waals surface area contributed by atoms with E-state index in [0.29, 0.717) is 24.4 Å². The largest absolute Gasteiger partial charge is 0.325 e. The molecule has 2 fully saturated rings. The van der Waals surface area contributed by atoms with Crippen molar-refractivity contribution in [3.63, 3.8) is 0 Å². The summed E-state index contributed by atoms with van der Waals surface area (Å²) in [5, 5.41) is 0. The summed E-state index contributed by atoms with van der Waals surface area (Å²) in [6.45, 7) is 5.95. The Balaban J connectivity index is 1.99. The zero-order valence-electron chi connectivity index (χ0n) is 13.2. The molecule has 0 bridgehead atoms. The maximum absolute atomic E-state index is 11.7. The number of sulfonamides is 1. The SMILES string of the molecule is CC1(C)CCCC(N)(CC2CCCN(S(C)(=O)=O)C2)C1. The lowest BCUT2D eigenvalue weighted by molar-refractivity contribution is 0.113. The van der Waals surface area contributed by atoms with E-state index in [1.807, 2.05) is 0 Å². The van der Waals surface area contributed by atoms with Crippen molar-refractivity contribution in [3.8, 4) is 0 Å². The fourth-order valence-electron chi connectivity index (χ4n) is 4.29. The van der Waals surface area contributed by atoms with Crippen molar-refractivity contribution in [2.24, 2.45) is 17.1 Å². The smallest absolute Gasteiger partial charge is 0.211 e. The average Bonchev–Trinajstić information content (AvgIpc) is 2.25. The Morgan fingerprint density at radius 3 is 2.55 bits per heavy atom. The quantitative estimate of drug-likeness (QED) is 0.870. The molecule has 0 aromatic rings. The van der Waals surface area contributed by atoms with Gasteiger partial charge in [-0.15, -0.1) is 0 Å². The Morgan fingerprint density at radius 2 is 1.95 bits per heavy atom. The average molecular weight is 302 g/mol. The first-order valence-corrected chi connectivity index (χ1v) is 9.69. The molecule has 2 rings (SSSR count). The van der Waals surface area contributed by atoms with Gasteiger partial charge in [0.05, 0.1) is 6.26 Å². The second kappa shape index (κ2) is 5.58. The lowest BCUT2D eigenvalue weighted by Crippen LogP contribution is -2.50. The molecule has 4 nitrogen and oxygen atoms in total. The standard InChI is InChI=1S/C15H30N2O2S/c1-14(2)7-5-8-15(16,12-14)10-13-6-4-9-17(11-13)20(3,18)19/h13H,4-12,16H2,1-3H3. The summed E-state index contributed by atoms with van der Waals surface area (Å²) in [7, 11) is -3.05. The molecule has 0 amide bonds. The highest BCUT2D eigenvalue weighted by Crippen LogP contribution is 2.43. The summed E-state index contributed by atoms with van der Waals surface area (Å²) in [6.07, 6.45) is 8.99. The first-order chi connectivity index (χ1) is 9.10. The van der Waals surface area contributed by atoms with Crippen molar-refractivity contribution < 1.29 is 8.42 Å². The van der Waals surface area contributed by atoms with Gasteiger partial charge in [0.25, 0.3) is 0 Å². The normalized spacial score (nSPS) is 35.9. The van der Waals surface area contributed by atoms with Gasteiger partial charge in [0.1, 0.15) is 0 Å². The van der Waals surface area contributed by atoms with Crippen LogP contribution in [-0.4, -0.2) is 37.6 Å². The molecule has 0 aromatic carbocycles. The van der Waals surface area contributed by atoms with Crippen molar-refractivity contribution in [1.82, 2.24) is 4.31 Å². The van der Waals surface area contributed by atoms with E-state index in [-0.39, 0.29) is 5.54 Å². The summed E-state index contributed by atoms with van der Waals surface area (Å²) in [6, 6.07) is 0. The van der Waals surface area contributed by atoms with Gasteiger partial charge < -0.3 is 5.73 Å². The van der Waals surface area contributed by atoms with Crippen molar-refractivity contribution in [2.45, 2.75) is 64.3 Å². The van der Waals surface area contributed by atoms with Crippen LogP contribution in [-0.2, 0) is 10.0 Å². The third kappa shape index (κ3) is 4.18. The number of piperidine rings is 1. The first kappa shape index (κ1) is 16.2. The third-order valence-corrected chi connectivity index (χ3v) is 6.27. The number of rotatable bonds is 3. The van der Waals surface area contributed by atoms with Crippen molar-refractivity contribution in [1.29, 1.82) is 0 Å². The summed E-state index contributed by atoms with van der Waals surface area (Å²) in [5.41, 5.74) is 6.89. The van der Waals surface area contributed by atoms with Crippen LogP contribution in [0.2, 0.25) is 0 Å². The highest BCUT2D eigenvalue weighted by Gasteiger charge is 2.39.